The summed E-state index contributed by atoms with van der Waals surface area (Å²) in [7, 11) is 0. The van der Waals surface area contributed by atoms with E-state index in [1.165, 1.54) is 86.2 Å². The van der Waals surface area contributed by atoms with Crippen LogP contribution in [-0.2, 0) is 21.1 Å². The number of H-pyrrole nitrogens is 2. The molecule has 81 heavy (non-hydrogen) atoms. The van der Waals surface area contributed by atoms with Crippen LogP contribution in [0.15, 0.2) is 249 Å². The average Bonchev–Trinajstić information content (AvgIpc) is 4.42. The summed E-state index contributed by atoms with van der Waals surface area (Å²) in [6.45, 7) is 0. The van der Waals surface area contributed by atoms with Crippen LogP contribution >= 0.6 is 0 Å². The molecule has 0 saturated heterocycles. The molecule has 0 spiro atoms. The van der Waals surface area contributed by atoms with E-state index in [0.717, 1.165) is 78.2 Å². The van der Waals surface area contributed by atoms with Crippen LogP contribution in [0, 0.1) is 6.07 Å². The average molecular weight is 1210 g/mol. The SMILES string of the molecule is C1=Cc2nc1cc1ccc([nH]1)c(-c1c3ccccc3cc3ccccc13)c1nc(c(-c3c4ccccc4cc4ccccc34)c3ccc([nH]3)c2-c2c3ccccc3cc3ccccc23)C=C1.[Pt].[c-]1c2ccccc2cc2ccccc12. The second kappa shape index (κ2) is 19.7. The summed E-state index contributed by atoms with van der Waals surface area (Å²) in [5.74, 6) is 0. The van der Waals surface area contributed by atoms with E-state index in [9.17, 15) is 0 Å². The fourth-order valence-electron chi connectivity index (χ4n) is 12.6. The fraction of sp³-hybridized carbons (Fsp3) is 0. The monoisotopic (exact) mass is 1210 g/mol. The number of benzene rings is 12. The minimum atomic E-state index is 0. The topological polar surface area (TPSA) is 57.4 Å². The van der Waals surface area contributed by atoms with Crippen LogP contribution in [0.2, 0.25) is 0 Å². The molecule has 2 N–H and O–H groups in total. The maximum absolute atomic E-state index is 5.78. The molecule has 5 heterocycles. The zero-order valence-electron chi connectivity index (χ0n) is 43.7. The van der Waals surface area contributed by atoms with Gasteiger partial charge in [-0.25, -0.2) is 9.97 Å². The Hall–Kier alpha value is -9.99. The Morgan fingerprint density at radius 2 is 0.568 bits per heavy atom. The van der Waals surface area contributed by atoms with Crippen LogP contribution in [0.1, 0.15) is 22.8 Å². The predicted molar refractivity (Wildman–Crippen MR) is 340 cm³/mol. The number of fused-ring (bicyclic) bond motifs is 16. The van der Waals surface area contributed by atoms with Crippen molar-refractivity contribution in [1.82, 2.24) is 19.9 Å². The third kappa shape index (κ3) is 8.26. The molecule has 2 aliphatic rings. The van der Waals surface area contributed by atoms with E-state index >= 15 is 0 Å². The quantitative estimate of drug-likeness (QED) is 0.137. The van der Waals surface area contributed by atoms with E-state index < -0.39 is 0 Å². The normalized spacial score (nSPS) is 12.0. The van der Waals surface area contributed by atoms with Gasteiger partial charge in [0.1, 0.15) is 0 Å². The van der Waals surface area contributed by atoms with Crippen LogP contribution in [0.4, 0.5) is 0 Å². The van der Waals surface area contributed by atoms with Gasteiger partial charge in [0.05, 0.1) is 22.8 Å². The van der Waals surface area contributed by atoms with Crippen LogP contribution in [0.5, 0.6) is 0 Å². The fourth-order valence-corrected chi connectivity index (χ4v) is 12.6. The summed E-state index contributed by atoms with van der Waals surface area (Å²) in [5, 5.41) is 19.0. The Morgan fingerprint density at radius 3 is 0.975 bits per heavy atom. The summed E-state index contributed by atoms with van der Waals surface area (Å²) in [4.78, 5) is 19.2. The van der Waals surface area contributed by atoms with Gasteiger partial charge in [0.15, 0.2) is 0 Å². The number of nitrogens with zero attached hydrogens (tertiary/aromatic N) is 2. The summed E-state index contributed by atoms with van der Waals surface area (Å²) in [6.07, 6.45) is 8.74. The molecule has 0 amide bonds. The van der Waals surface area contributed by atoms with E-state index in [-0.39, 0.29) is 21.1 Å². The molecule has 0 atom stereocenters. The van der Waals surface area contributed by atoms with E-state index in [1.807, 2.05) is 12.1 Å². The van der Waals surface area contributed by atoms with Gasteiger partial charge in [-0.2, -0.15) is 0 Å². The van der Waals surface area contributed by atoms with Gasteiger partial charge in [0.2, 0.25) is 0 Å². The van der Waals surface area contributed by atoms with Crippen molar-refractivity contribution < 1.29 is 21.1 Å². The molecule has 2 aliphatic heterocycles. The molecule has 0 fully saturated rings. The number of nitrogens with one attached hydrogen (secondary N) is 2. The van der Waals surface area contributed by atoms with Gasteiger partial charge in [-0.15, -0.1) is 35.0 Å². The van der Waals surface area contributed by atoms with E-state index in [2.05, 4.69) is 277 Å². The minimum Gasteiger partial charge on any atom is -0.355 e. The molecule has 3 aromatic heterocycles. The van der Waals surface area contributed by atoms with Crippen molar-refractivity contribution in [3.63, 3.8) is 0 Å². The Bertz CT molecular complexity index is 4950. The standard InChI is InChI=1S/C62H38N4.C14H9.Pt/c1-7-19-45-37(13-1)33-38-14-2-8-20-46(38)57(45)60-51-27-25-43(63-51)36-44-26-28-52(64-44)61(58-47-21-9-3-15-39(47)34-40-16-4-10-22-48(40)58)54-30-32-56(66-54)62(55-31-29-53(60)65-55)59-49-23-11-5-17-41(49)35-42-18-6-12-24-50(42)59;1-2-6-12-10-14-8-4-3-7-13(14)9-11(12)5-1;/h1-36,63,66H;1-9H;/q;-1;. The van der Waals surface area contributed by atoms with Crippen molar-refractivity contribution in [2.75, 3.05) is 0 Å². The molecule has 0 saturated carbocycles. The van der Waals surface area contributed by atoms with Gasteiger partial charge < -0.3 is 9.97 Å². The number of aromatic nitrogens is 4. The zero-order valence-corrected chi connectivity index (χ0v) is 46.0. The van der Waals surface area contributed by atoms with Gasteiger partial charge in [0.25, 0.3) is 0 Å². The van der Waals surface area contributed by atoms with Crippen molar-refractivity contribution in [3.8, 4) is 33.4 Å². The molecular weight excluding hydrogens is 1160 g/mol. The first kappa shape index (κ1) is 48.2. The first-order chi connectivity index (χ1) is 39.6. The van der Waals surface area contributed by atoms with Crippen LogP contribution < -0.4 is 0 Å². The minimum absolute atomic E-state index is 0. The van der Waals surface area contributed by atoms with Gasteiger partial charge in [-0.3, -0.25) is 0 Å². The van der Waals surface area contributed by atoms with Crippen molar-refractivity contribution >= 4 is 133 Å². The van der Waals surface area contributed by atoms with Crippen LogP contribution in [0.25, 0.3) is 166 Å². The Labute approximate surface area is 481 Å². The first-order valence-corrected chi connectivity index (χ1v) is 27.3. The molecule has 17 rings (SSSR count). The van der Waals surface area contributed by atoms with Gasteiger partial charge in [0, 0.05) is 76.5 Å². The summed E-state index contributed by atoms with van der Waals surface area (Å²) in [5.41, 5.74) is 14.0. The van der Waals surface area contributed by atoms with Crippen molar-refractivity contribution in [2.45, 2.75) is 0 Å². The second-order valence-electron chi connectivity index (χ2n) is 20.9. The zero-order chi connectivity index (χ0) is 52.7. The summed E-state index contributed by atoms with van der Waals surface area (Å²) >= 11 is 0. The maximum atomic E-state index is 5.78. The smallest absolute Gasteiger partial charge is 0.0737 e. The molecule has 15 aromatic rings. The number of aromatic amines is 2. The summed E-state index contributed by atoms with van der Waals surface area (Å²) in [6, 6.07) is 92.6. The molecule has 382 valence electrons. The molecule has 0 aliphatic carbocycles. The molecule has 4 nitrogen and oxygen atoms in total. The van der Waals surface area contributed by atoms with E-state index in [4.69, 9.17) is 9.97 Å². The molecule has 12 aromatic carbocycles. The third-order valence-corrected chi connectivity index (χ3v) is 16.1. The number of hydrogen-bond donors (Lipinski definition) is 2. The first-order valence-electron chi connectivity index (χ1n) is 27.3. The van der Waals surface area contributed by atoms with Crippen molar-refractivity contribution in [2.24, 2.45) is 0 Å². The maximum Gasteiger partial charge on any atom is 0.0737 e. The molecule has 0 radical (unpaired) electrons. The molecule has 8 bridgehead atoms. The number of hydrogen-bond acceptors (Lipinski definition) is 2. The summed E-state index contributed by atoms with van der Waals surface area (Å²) < 4.78 is 0. The van der Waals surface area contributed by atoms with Crippen molar-refractivity contribution in [1.29, 1.82) is 0 Å². The van der Waals surface area contributed by atoms with Gasteiger partial charge in [-0.05, 0) is 137 Å². The van der Waals surface area contributed by atoms with E-state index in [1.54, 1.807) is 0 Å². The predicted octanol–water partition coefficient (Wildman–Crippen LogP) is 20.4. The van der Waals surface area contributed by atoms with E-state index in [0.29, 0.717) is 0 Å². The molecule has 5 heteroatoms. The number of rotatable bonds is 3. The largest absolute Gasteiger partial charge is 0.355 e. The molecular formula is C76H47N4Pt-. The van der Waals surface area contributed by atoms with Crippen LogP contribution in [-0.4, -0.2) is 19.9 Å². The van der Waals surface area contributed by atoms with Gasteiger partial charge in [-0.1, -0.05) is 193 Å². The second-order valence-corrected chi connectivity index (χ2v) is 20.9. The van der Waals surface area contributed by atoms with Crippen molar-refractivity contribution in [3.05, 3.63) is 278 Å². The Morgan fingerprint density at radius 1 is 0.259 bits per heavy atom. The van der Waals surface area contributed by atoms with Gasteiger partial charge >= 0.3 is 0 Å². The van der Waals surface area contributed by atoms with Crippen LogP contribution in [0.3, 0.4) is 0 Å². The Balaban J connectivity index is 0.000000327. The third-order valence-electron chi connectivity index (χ3n) is 16.1. The molecule has 0 unspecified atom stereocenters. The Kier molecular flexibility index (Phi) is 11.7.